The molecule has 0 aliphatic rings. The Morgan fingerprint density at radius 2 is 2.00 bits per heavy atom. The van der Waals surface area contributed by atoms with Gasteiger partial charge >= 0.3 is 0 Å². The number of aldehydes is 1. The van der Waals surface area contributed by atoms with Gasteiger partial charge in [-0.25, -0.2) is 0 Å². The van der Waals surface area contributed by atoms with Gasteiger partial charge in [0.05, 0.1) is 11.6 Å². The molecular weight excluding hydrogens is 278 g/mol. The minimum atomic E-state index is 0.586. The van der Waals surface area contributed by atoms with Crippen molar-refractivity contribution in [1.82, 2.24) is 0 Å². The summed E-state index contributed by atoms with van der Waals surface area (Å²) in [6, 6.07) is 14.9. The lowest BCUT2D eigenvalue weighted by Crippen LogP contribution is -1.86. The summed E-state index contributed by atoms with van der Waals surface area (Å²) in [6.45, 7) is 0. The van der Waals surface area contributed by atoms with E-state index < -0.39 is 0 Å². The molecular formula is C14H8BrNO. The third kappa shape index (κ3) is 2.43. The summed E-state index contributed by atoms with van der Waals surface area (Å²) in [7, 11) is 0. The second-order valence-electron chi connectivity index (χ2n) is 3.55. The molecule has 0 radical (unpaired) electrons. The fourth-order valence-corrected chi connectivity index (χ4v) is 2.00. The average molecular weight is 286 g/mol. The number of nitriles is 1. The molecule has 0 bridgehead atoms. The summed E-state index contributed by atoms with van der Waals surface area (Å²) in [4.78, 5) is 10.7. The van der Waals surface area contributed by atoms with Crippen molar-refractivity contribution < 1.29 is 4.79 Å². The zero-order valence-electron chi connectivity index (χ0n) is 8.85. The first kappa shape index (κ1) is 11.6. The molecule has 0 aliphatic heterocycles. The van der Waals surface area contributed by atoms with Crippen molar-refractivity contribution in [2.75, 3.05) is 0 Å². The summed E-state index contributed by atoms with van der Waals surface area (Å²) < 4.78 is 0.865. The van der Waals surface area contributed by atoms with Gasteiger partial charge in [-0.05, 0) is 29.3 Å². The van der Waals surface area contributed by atoms with Crippen LogP contribution in [0.4, 0.5) is 0 Å². The predicted octanol–water partition coefficient (Wildman–Crippen LogP) is 3.80. The van der Waals surface area contributed by atoms with Crippen molar-refractivity contribution in [1.29, 1.82) is 5.26 Å². The highest BCUT2D eigenvalue weighted by atomic mass is 79.9. The Bertz CT molecular complexity index is 614. The lowest BCUT2D eigenvalue weighted by atomic mass is 9.99. The summed E-state index contributed by atoms with van der Waals surface area (Å²) in [5.41, 5.74) is 2.90. The van der Waals surface area contributed by atoms with Crippen molar-refractivity contribution >= 4 is 22.2 Å². The van der Waals surface area contributed by atoms with Crippen LogP contribution < -0.4 is 0 Å². The van der Waals surface area contributed by atoms with E-state index in [1.165, 1.54) is 0 Å². The van der Waals surface area contributed by atoms with Crippen LogP contribution in [0, 0.1) is 11.3 Å². The minimum absolute atomic E-state index is 0.586. The summed E-state index contributed by atoms with van der Waals surface area (Å²) in [5, 5.41) is 9.09. The third-order valence-electron chi connectivity index (χ3n) is 2.44. The van der Waals surface area contributed by atoms with Gasteiger partial charge in [-0.1, -0.05) is 40.2 Å². The molecule has 2 nitrogen and oxygen atoms in total. The monoisotopic (exact) mass is 285 g/mol. The first-order valence-corrected chi connectivity index (χ1v) is 5.79. The summed E-state index contributed by atoms with van der Waals surface area (Å²) >= 11 is 3.33. The van der Waals surface area contributed by atoms with Gasteiger partial charge in [0.15, 0.2) is 0 Å². The standard InChI is InChI=1S/C14H8BrNO/c15-13-4-5-14(12(7-13)8-16)11-3-1-2-10(6-11)9-17/h1-7,9H. The number of benzene rings is 2. The van der Waals surface area contributed by atoms with Crippen LogP contribution in [0.5, 0.6) is 0 Å². The molecule has 0 amide bonds. The third-order valence-corrected chi connectivity index (χ3v) is 2.93. The van der Waals surface area contributed by atoms with Gasteiger partial charge in [0.25, 0.3) is 0 Å². The molecule has 3 heteroatoms. The second kappa shape index (κ2) is 4.94. The van der Waals surface area contributed by atoms with Crippen LogP contribution in [0.25, 0.3) is 11.1 Å². The van der Waals surface area contributed by atoms with E-state index in [-0.39, 0.29) is 0 Å². The Labute approximate surface area is 108 Å². The van der Waals surface area contributed by atoms with Crippen molar-refractivity contribution in [3.8, 4) is 17.2 Å². The largest absolute Gasteiger partial charge is 0.298 e. The van der Waals surface area contributed by atoms with E-state index in [2.05, 4.69) is 22.0 Å². The maximum absolute atomic E-state index is 10.7. The molecule has 0 spiro atoms. The molecule has 0 aliphatic carbocycles. The molecule has 0 saturated carbocycles. The smallest absolute Gasteiger partial charge is 0.150 e. The normalized spacial score (nSPS) is 9.65. The van der Waals surface area contributed by atoms with E-state index in [4.69, 9.17) is 5.26 Å². The lowest BCUT2D eigenvalue weighted by Gasteiger charge is -2.05. The van der Waals surface area contributed by atoms with Crippen LogP contribution in [0.15, 0.2) is 46.9 Å². The zero-order chi connectivity index (χ0) is 12.3. The van der Waals surface area contributed by atoms with Crippen LogP contribution in [-0.2, 0) is 0 Å². The number of nitrogens with zero attached hydrogens (tertiary/aromatic N) is 1. The lowest BCUT2D eigenvalue weighted by molar-refractivity contribution is 0.112. The fraction of sp³-hybridized carbons (Fsp3) is 0. The van der Waals surface area contributed by atoms with E-state index >= 15 is 0 Å². The Balaban J connectivity index is 2.60. The van der Waals surface area contributed by atoms with Crippen molar-refractivity contribution in [3.05, 3.63) is 58.1 Å². The first-order valence-electron chi connectivity index (χ1n) is 5.00. The first-order chi connectivity index (χ1) is 8.24. The Morgan fingerprint density at radius 3 is 2.71 bits per heavy atom. The minimum Gasteiger partial charge on any atom is -0.298 e. The van der Waals surface area contributed by atoms with E-state index in [0.29, 0.717) is 11.1 Å². The number of hydrogen-bond acceptors (Lipinski definition) is 2. The highest BCUT2D eigenvalue weighted by Gasteiger charge is 2.05. The molecule has 2 rings (SSSR count). The molecule has 0 aromatic heterocycles. The molecule has 2 aromatic rings. The number of hydrogen-bond donors (Lipinski definition) is 0. The van der Waals surface area contributed by atoms with Crippen LogP contribution in [0.2, 0.25) is 0 Å². The second-order valence-corrected chi connectivity index (χ2v) is 4.46. The molecule has 2 aromatic carbocycles. The van der Waals surface area contributed by atoms with Gasteiger partial charge in [-0.3, -0.25) is 4.79 Å². The van der Waals surface area contributed by atoms with E-state index in [1.54, 1.807) is 18.2 Å². The highest BCUT2D eigenvalue weighted by molar-refractivity contribution is 9.10. The predicted molar refractivity (Wildman–Crippen MR) is 69.7 cm³/mol. The zero-order valence-corrected chi connectivity index (χ0v) is 10.4. The number of carbonyl (C=O) groups is 1. The van der Waals surface area contributed by atoms with Crippen molar-refractivity contribution in [2.45, 2.75) is 0 Å². The Hall–Kier alpha value is -1.92. The number of rotatable bonds is 2. The Morgan fingerprint density at radius 1 is 1.18 bits per heavy atom. The molecule has 0 unspecified atom stereocenters. The maximum Gasteiger partial charge on any atom is 0.150 e. The molecule has 0 heterocycles. The van der Waals surface area contributed by atoms with Crippen molar-refractivity contribution in [2.24, 2.45) is 0 Å². The van der Waals surface area contributed by atoms with Crippen LogP contribution in [0.1, 0.15) is 15.9 Å². The maximum atomic E-state index is 10.7. The van der Waals surface area contributed by atoms with Crippen LogP contribution >= 0.6 is 15.9 Å². The molecule has 82 valence electrons. The van der Waals surface area contributed by atoms with Gasteiger partial charge in [0.2, 0.25) is 0 Å². The van der Waals surface area contributed by atoms with Crippen molar-refractivity contribution in [3.63, 3.8) is 0 Å². The molecule has 0 atom stereocenters. The number of carbonyl (C=O) groups excluding carboxylic acids is 1. The van der Waals surface area contributed by atoms with Crippen LogP contribution in [-0.4, -0.2) is 6.29 Å². The van der Waals surface area contributed by atoms with Crippen LogP contribution in [0.3, 0.4) is 0 Å². The topological polar surface area (TPSA) is 40.9 Å². The highest BCUT2D eigenvalue weighted by Crippen LogP contribution is 2.26. The fourth-order valence-electron chi connectivity index (χ4n) is 1.64. The Kier molecular flexibility index (Phi) is 3.36. The summed E-state index contributed by atoms with van der Waals surface area (Å²) in [6.07, 6.45) is 0.800. The molecule has 0 N–H and O–H groups in total. The van der Waals surface area contributed by atoms with Gasteiger partial charge in [0, 0.05) is 10.0 Å². The van der Waals surface area contributed by atoms with E-state index in [1.807, 2.05) is 24.3 Å². The van der Waals surface area contributed by atoms with Gasteiger partial charge in [-0.2, -0.15) is 5.26 Å². The van der Waals surface area contributed by atoms with E-state index in [0.717, 1.165) is 21.9 Å². The molecule has 0 saturated heterocycles. The quantitative estimate of drug-likeness (QED) is 0.788. The van der Waals surface area contributed by atoms with Gasteiger partial charge in [-0.15, -0.1) is 0 Å². The summed E-state index contributed by atoms with van der Waals surface area (Å²) in [5.74, 6) is 0. The average Bonchev–Trinajstić information content (AvgIpc) is 2.38. The van der Waals surface area contributed by atoms with Gasteiger partial charge < -0.3 is 0 Å². The molecule has 0 fully saturated rings. The SMILES string of the molecule is N#Cc1cc(Br)ccc1-c1cccc(C=O)c1. The number of halogens is 1. The van der Waals surface area contributed by atoms with E-state index in [9.17, 15) is 4.79 Å². The molecule has 17 heavy (non-hydrogen) atoms. The van der Waals surface area contributed by atoms with Gasteiger partial charge in [0.1, 0.15) is 6.29 Å².